The van der Waals surface area contributed by atoms with Crippen molar-refractivity contribution < 1.29 is 22.0 Å². The molecule has 2 aromatic rings. The van der Waals surface area contributed by atoms with Crippen molar-refractivity contribution in [1.82, 2.24) is 19.6 Å². The summed E-state index contributed by atoms with van der Waals surface area (Å²) in [6.45, 7) is 2.31. The number of amides is 1. The largest absolute Gasteiger partial charge is 0.335 e. The molecule has 3 aliphatic rings. The number of carbonyl (C=O) groups is 1. The summed E-state index contributed by atoms with van der Waals surface area (Å²) in [6, 6.07) is 3.67. The van der Waals surface area contributed by atoms with E-state index >= 15 is 0 Å². The van der Waals surface area contributed by atoms with E-state index in [0.717, 1.165) is 42.7 Å². The minimum atomic E-state index is -2.94. The summed E-state index contributed by atoms with van der Waals surface area (Å²) in [5.74, 6) is -1.58. The van der Waals surface area contributed by atoms with Gasteiger partial charge in [0.1, 0.15) is 0 Å². The zero-order valence-electron chi connectivity index (χ0n) is 17.1. The fourth-order valence-corrected chi connectivity index (χ4v) is 6.70. The Labute approximate surface area is 179 Å². The van der Waals surface area contributed by atoms with Crippen molar-refractivity contribution in [2.75, 3.05) is 37.7 Å². The third kappa shape index (κ3) is 3.76. The summed E-state index contributed by atoms with van der Waals surface area (Å²) in [7, 11) is -2.94. The molecule has 166 valence electrons. The average Bonchev–Trinajstić information content (AvgIpc) is 3.45. The summed E-state index contributed by atoms with van der Waals surface area (Å²) in [4.78, 5) is 17.2. The topological polar surface area (TPSA) is 75.5 Å². The number of aromatic nitrogens is 2. The summed E-state index contributed by atoms with van der Waals surface area (Å²) in [5.41, 5.74) is 2.56. The SMILES string of the molecule is O=C(c1nn(-c2ccc(F)c(F)c2)c2c1CCC2)N1CCN(C2CCS(=O)(=O)C2)CC1. The molecule has 0 spiro atoms. The van der Waals surface area contributed by atoms with Gasteiger partial charge in [0.15, 0.2) is 27.2 Å². The van der Waals surface area contributed by atoms with Gasteiger partial charge in [-0.3, -0.25) is 9.69 Å². The van der Waals surface area contributed by atoms with Gasteiger partial charge in [-0.2, -0.15) is 5.10 Å². The second-order valence-corrected chi connectivity index (χ2v) is 10.8. The van der Waals surface area contributed by atoms with Crippen LogP contribution >= 0.6 is 0 Å². The molecule has 1 aliphatic carbocycles. The van der Waals surface area contributed by atoms with Crippen molar-refractivity contribution >= 4 is 15.7 Å². The number of halogens is 2. The van der Waals surface area contributed by atoms with E-state index in [0.29, 0.717) is 44.0 Å². The highest BCUT2D eigenvalue weighted by atomic mass is 32.2. The monoisotopic (exact) mass is 450 g/mol. The van der Waals surface area contributed by atoms with Crippen molar-refractivity contribution in [1.29, 1.82) is 0 Å². The molecule has 1 aromatic heterocycles. The van der Waals surface area contributed by atoms with Gasteiger partial charge in [0.25, 0.3) is 5.91 Å². The molecule has 3 heterocycles. The minimum Gasteiger partial charge on any atom is -0.335 e. The van der Waals surface area contributed by atoms with Crippen LogP contribution < -0.4 is 0 Å². The minimum absolute atomic E-state index is 0.0408. The molecular formula is C21H24F2N4O3S. The molecule has 2 saturated heterocycles. The number of benzene rings is 1. The summed E-state index contributed by atoms with van der Waals surface area (Å²) in [6.07, 6.45) is 3.02. The van der Waals surface area contributed by atoms with Crippen LogP contribution in [-0.2, 0) is 22.7 Å². The van der Waals surface area contributed by atoms with Crippen molar-refractivity contribution in [3.8, 4) is 5.69 Å². The maximum Gasteiger partial charge on any atom is 0.274 e. The molecule has 2 aliphatic heterocycles. The van der Waals surface area contributed by atoms with Crippen molar-refractivity contribution in [3.63, 3.8) is 0 Å². The van der Waals surface area contributed by atoms with Crippen molar-refractivity contribution in [2.45, 2.75) is 31.7 Å². The Balaban J connectivity index is 1.34. The molecule has 2 fully saturated rings. The molecule has 10 heteroatoms. The van der Waals surface area contributed by atoms with Gasteiger partial charge in [-0.05, 0) is 37.8 Å². The predicted molar refractivity (Wildman–Crippen MR) is 110 cm³/mol. The standard InChI is InChI=1S/C21H24F2N4O3S/c22-17-5-4-14(12-18(17)23)27-19-3-1-2-16(19)20(24-27)21(28)26-9-7-25(8-10-26)15-6-11-31(29,30)13-15/h4-5,12,15H,1-3,6-11,13H2. The zero-order chi connectivity index (χ0) is 21.8. The highest BCUT2D eigenvalue weighted by molar-refractivity contribution is 7.91. The van der Waals surface area contributed by atoms with Gasteiger partial charge in [-0.1, -0.05) is 0 Å². The van der Waals surface area contributed by atoms with E-state index in [1.165, 1.54) is 6.07 Å². The highest BCUT2D eigenvalue weighted by Gasteiger charge is 2.36. The van der Waals surface area contributed by atoms with E-state index in [1.54, 1.807) is 9.58 Å². The average molecular weight is 451 g/mol. The number of rotatable bonds is 3. The van der Waals surface area contributed by atoms with Crippen molar-refractivity contribution in [2.24, 2.45) is 0 Å². The van der Waals surface area contributed by atoms with Crippen LogP contribution in [0, 0.1) is 11.6 Å². The lowest BCUT2D eigenvalue weighted by Crippen LogP contribution is -2.52. The predicted octanol–water partition coefficient (Wildman–Crippen LogP) is 1.58. The number of hydrogen-bond acceptors (Lipinski definition) is 5. The van der Waals surface area contributed by atoms with E-state index < -0.39 is 21.5 Å². The smallest absolute Gasteiger partial charge is 0.274 e. The van der Waals surface area contributed by atoms with Crippen LogP contribution in [0.1, 0.15) is 34.6 Å². The van der Waals surface area contributed by atoms with E-state index in [2.05, 4.69) is 10.00 Å². The number of nitrogens with zero attached hydrogens (tertiary/aromatic N) is 4. The Morgan fingerprint density at radius 2 is 1.84 bits per heavy atom. The molecule has 0 bridgehead atoms. The van der Waals surface area contributed by atoms with Crippen LogP contribution in [0.5, 0.6) is 0 Å². The quantitative estimate of drug-likeness (QED) is 0.710. The molecule has 0 saturated carbocycles. The molecule has 1 atom stereocenters. The second-order valence-electron chi connectivity index (χ2n) is 8.52. The lowest BCUT2D eigenvalue weighted by atomic mass is 10.1. The van der Waals surface area contributed by atoms with E-state index in [1.807, 2.05) is 0 Å². The van der Waals surface area contributed by atoms with Gasteiger partial charge in [-0.25, -0.2) is 21.9 Å². The van der Waals surface area contributed by atoms with Crippen LogP contribution in [0.15, 0.2) is 18.2 Å². The van der Waals surface area contributed by atoms with Gasteiger partial charge in [0.2, 0.25) is 0 Å². The van der Waals surface area contributed by atoms with Gasteiger partial charge in [-0.15, -0.1) is 0 Å². The summed E-state index contributed by atoms with van der Waals surface area (Å²) >= 11 is 0. The van der Waals surface area contributed by atoms with E-state index in [9.17, 15) is 22.0 Å². The lowest BCUT2D eigenvalue weighted by Gasteiger charge is -2.37. The fourth-order valence-electron chi connectivity index (χ4n) is 4.94. The summed E-state index contributed by atoms with van der Waals surface area (Å²) < 4.78 is 52.2. The Hall–Kier alpha value is -2.33. The molecule has 1 unspecified atom stereocenters. The third-order valence-corrected chi connectivity index (χ3v) is 8.36. The van der Waals surface area contributed by atoms with Crippen LogP contribution in [0.3, 0.4) is 0 Å². The Kier molecular flexibility index (Phi) is 5.09. The Bertz CT molecular complexity index is 1140. The van der Waals surface area contributed by atoms with E-state index in [-0.39, 0.29) is 23.5 Å². The second kappa shape index (κ2) is 7.67. The van der Waals surface area contributed by atoms with Crippen LogP contribution in [0.4, 0.5) is 8.78 Å². The molecule has 31 heavy (non-hydrogen) atoms. The van der Waals surface area contributed by atoms with Gasteiger partial charge in [0, 0.05) is 49.5 Å². The van der Waals surface area contributed by atoms with Gasteiger partial charge in [0.05, 0.1) is 17.2 Å². The maximum absolute atomic E-state index is 13.8. The highest BCUT2D eigenvalue weighted by Crippen LogP contribution is 2.29. The normalized spacial score (nSPS) is 23.3. The first-order valence-corrected chi connectivity index (χ1v) is 12.4. The molecule has 1 aromatic carbocycles. The van der Waals surface area contributed by atoms with Gasteiger partial charge >= 0.3 is 0 Å². The molecular weight excluding hydrogens is 426 g/mol. The first-order valence-electron chi connectivity index (χ1n) is 10.6. The molecule has 1 amide bonds. The molecule has 5 rings (SSSR count). The first kappa shape index (κ1) is 20.6. The van der Waals surface area contributed by atoms with Crippen LogP contribution in [0.25, 0.3) is 5.69 Å². The maximum atomic E-state index is 13.8. The summed E-state index contributed by atoms with van der Waals surface area (Å²) in [5, 5.41) is 4.51. The number of piperazine rings is 1. The van der Waals surface area contributed by atoms with E-state index in [4.69, 9.17) is 0 Å². The zero-order valence-corrected chi connectivity index (χ0v) is 17.9. The lowest BCUT2D eigenvalue weighted by molar-refractivity contribution is 0.0581. The Morgan fingerprint density at radius 1 is 1.06 bits per heavy atom. The van der Waals surface area contributed by atoms with Crippen molar-refractivity contribution in [3.05, 3.63) is 46.8 Å². The first-order chi connectivity index (χ1) is 14.8. The Morgan fingerprint density at radius 3 is 2.52 bits per heavy atom. The number of fused-ring (bicyclic) bond motifs is 1. The third-order valence-electron chi connectivity index (χ3n) is 6.61. The fraction of sp³-hybridized carbons (Fsp3) is 0.524. The van der Waals surface area contributed by atoms with Crippen LogP contribution in [0.2, 0.25) is 0 Å². The number of sulfone groups is 1. The molecule has 7 nitrogen and oxygen atoms in total. The molecule has 0 radical (unpaired) electrons. The van der Waals surface area contributed by atoms with Crippen LogP contribution in [-0.4, -0.2) is 77.6 Å². The number of hydrogen-bond donors (Lipinski definition) is 0. The molecule has 0 N–H and O–H groups in total. The number of carbonyl (C=O) groups excluding carboxylic acids is 1. The van der Waals surface area contributed by atoms with Gasteiger partial charge < -0.3 is 4.90 Å².